The van der Waals surface area contributed by atoms with Gasteiger partial charge < -0.3 is 10.6 Å². The van der Waals surface area contributed by atoms with Crippen molar-refractivity contribution in [1.29, 1.82) is 0 Å². The Balaban J connectivity index is 0.00000242. The molecule has 0 bridgehead atoms. The van der Waals surface area contributed by atoms with Crippen LogP contribution in [0.4, 0.5) is 0 Å². The largest absolute Gasteiger partial charge is 0.356 e. The first kappa shape index (κ1) is 19.5. The molecule has 5 nitrogen and oxygen atoms in total. The maximum atomic E-state index is 11.4. The molecule has 8 heteroatoms. The Morgan fingerprint density at radius 2 is 2.18 bits per heavy atom. The number of halogens is 2. The quantitative estimate of drug-likeness (QED) is 0.412. The van der Waals surface area contributed by atoms with E-state index < -0.39 is 9.84 Å². The van der Waals surface area contributed by atoms with Gasteiger partial charge in [-0.3, -0.25) is 4.99 Å². The number of aliphatic imine (C=N–C) groups is 1. The molecule has 124 valence electrons. The number of benzene rings is 1. The molecule has 0 saturated carbocycles. The van der Waals surface area contributed by atoms with Gasteiger partial charge in [-0.25, -0.2) is 8.42 Å². The van der Waals surface area contributed by atoms with Gasteiger partial charge in [0.25, 0.3) is 0 Å². The predicted octanol–water partition coefficient (Wildman–Crippen LogP) is 2.06. The summed E-state index contributed by atoms with van der Waals surface area (Å²) < 4.78 is 22.8. The summed E-state index contributed by atoms with van der Waals surface area (Å²) in [7, 11) is -1.13. The van der Waals surface area contributed by atoms with Crippen LogP contribution in [0.2, 0.25) is 5.02 Å². The number of guanidine groups is 1. The van der Waals surface area contributed by atoms with E-state index in [0.29, 0.717) is 29.8 Å². The Kier molecular flexibility index (Phi) is 7.92. The van der Waals surface area contributed by atoms with Crippen molar-refractivity contribution >= 4 is 51.4 Å². The van der Waals surface area contributed by atoms with Crippen LogP contribution in [0.5, 0.6) is 0 Å². The average molecular weight is 458 g/mol. The summed E-state index contributed by atoms with van der Waals surface area (Å²) in [4.78, 5) is 4.13. The van der Waals surface area contributed by atoms with Gasteiger partial charge in [-0.05, 0) is 30.0 Å². The van der Waals surface area contributed by atoms with Crippen molar-refractivity contribution in [1.82, 2.24) is 10.6 Å². The standard InChI is InChI=1S/C14H20ClN3O2S.HI/c1-16-14(17-8-11-3-2-4-13(15)7-11)18-9-12-5-6-21(19,20)10-12;/h2-4,7,12H,5-6,8-10H2,1H3,(H2,16,17,18);1H. The second-order valence-electron chi connectivity index (χ2n) is 5.21. The molecule has 1 heterocycles. The van der Waals surface area contributed by atoms with Crippen LogP contribution in [0.25, 0.3) is 0 Å². The molecule has 22 heavy (non-hydrogen) atoms. The molecule has 0 aliphatic carbocycles. The van der Waals surface area contributed by atoms with E-state index in [1.54, 1.807) is 7.05 Å². The van der Waals surface area contributed by atoms with Crippen LogP contribution in [-0.2, 0) is 16.4 Å². The molecule has 2 N–H and O–H groups in total. The minimum absolute atomic E-state index is 0. The summed E-state index contributed by atoms with van der Waals surface area (Å²) >= 11 is 5.94. The molecule has 1 aliphatic heterocycles. The van der Waals surface area contributed by atoms with Crippen molar-refractivity contribution in [3.8, 4) is 0 Å². The molecule has 2 rings (SSSR count). The van der Waals surface area contributed by atoms with Gasteiger partial charge in [0.15, 0.2) is 15.8 Å². The van der Waals surface area contributed by atoms with E-state index in [2.05, 4.69) is 15.6 Å². The summed E-state index contributed by atoms with van der Waals surface area (Å²) in [6.07, 6.45) is 0.723. The molecule has 0 amide bonds. The predicted molar refractivity (Wildman–Crippen MR) is 102 cm³/mol. The molecule has 1 saturated heterocycles. The smallest absolute Gasteiger partial charge is 0.191 e. The van der Waals surface area contributed by atoms with E-state index in [9.17, 15) is 8.42 Å². The summed E-state index contributed by atoms with van der Waals surface area (Å²) in [5.41, 5.74) is 1.06. The molecule has 1 fully saturated rings. The zero-order valence-electron chi connectivity index (χ0n) is 12.4. The highest BCUT2D eigenvalue weighted by atomic mass is 127. The average Bonchev–Trinajstić information content (AvgIpc) is 2.78. The van der Waals surface area contributed by atoms with Gasteiger partial charge in [0.2, 0.25) is 0 Å². The van der Waals surface area contributed by atoms with E-state index in [4.69, 9.17) is 11.6 Å². The van der Waals surface area contributed by atoms with E-state index >= 15 is 0 Å². The van der Waals surface area contributed by atoms with Crippen LogP contribution in [0, 0.1) is 5.92 Å². The minimum Gasteiger partial charge on any atom is -0.356 e. The topological polar surface area (TPSA) is 70.6 Å². The third-order valence-electron chi connectivity index (χ3n) is 3.46. The van der Waals surface area contributed by atoms with Gasteiger partial charge in [0.05, 0.1) is 11.5 Å². The summed E-state index contributed by atoms with van der Waals surface area (Å²) in [5.74, 6) is 1.40. The van der Waals surface area contributed by atoms with Crippen molar-refractivity contribution in [2.24, 2.45) is 10.9 Å². The second-order valence-corrected chi connectivity index (χ2v) is 7.87. The van der Waals surface area contributed by atoms with Crippen LogP contribution in [-0.4, -0.2) is 39.5 Å². The van der Waals surface area contributed by atoms with Crippen molar-refractivity contribution < 1.29 is 8.42 Å². The molecule has 1 aromatic rings. The molecule has 1 aromatic carbocycles. The number of nitrogens with one attached hydrogen (secondary N) is 2. The van der Waals surface area contributed by atoms with Gasteiger partial charge in [0, 0.05) is 25.2 Å². The monoisotopic (exact) mass is 457 g/mol. The SMILES string of the molecule is CN=C(NCc1cccc(Cl)c1)NCC1CCS(=O)(=O)C1.I. The van der Waals surface area contributed by atoms with Crippen molar-refractivity contribution in [2.45, 2.75) is 13.0 Å². The molecule has 0 aromatic heterocycles. The molecular weight excluding hydrogens is 437 g/mol. The highest BCUT2D eigenvalue weighted by Gasteiger charge is 2.27. The van der Waals surface area contributed by atoms with Crippen LogP contribution in [0.1, 0.15) is 12.0 Å². The van der Waals surface area contributed by atoms with E-state index in [0.717, 1.165) is 12.0 Å². The Morgan fingerprint density at radius 3 is 2.77 bits per heavy atom. The summed E-state index contributed by atoms with van der Waals surface area (Å²) in [6, 6.07) is 7.61. The lowest BCUT2D eigenvalue weighted by atomic mass is 10.1. The van der Waals surface area contributed by atoms with Gasteiger partial charge in [0.1, 0.15) is 0 Å². The summed E-state index contributed by atoms with van der Waals surface area (Å²) in [6.45, 7) is 1.23. The van der Waals surface area contributed by atoms with Gasteiger partial charge in [-0.1, -0.05) is 23.7 Å². The molecule has 1 unspecified atom stereocenters. The first-order valence-corrected chi connectivity index (χ1v) is 9.08. The summed E-state index contributed by atoms with van der Waals surface area (Å²) in [5, 5.41) is 7.07. The highest BCUT2D eigenvalue weighted by Crippen LogP contribution is 2.17. The van der Waals surface area contributed by atoms with Crippen molar-refractivity contribution in [2.75, 3.05) is 25.1 Å². The molecule has 0 radical (unpaired) electrons. The Morgan fingerprint density at radius 1 is 1.41 bits per heavy atom. The lowest BCUT2D eigenvalue weighted by molar-refractivity contribution is 0.567. The fraction of sp³-hybridized carbons (Fsp3) is 0.500. The first-order chi connectivity index (χ1) is 9.98. The van der Waals surface area contributed by atoms with Gasteiger partial charge in [-0.2, -0.15) is 0 Å². The number of sulfone groups is 1. The second kappa shape index (κ2) is 8.93. The molecule has 1 atom stereocenters. The van der Waals surface area contributed by atoms with Crippen LogP contribution >= 0.6 is 35.6 Å². The third-order valence-corrected chi connectivity index (χ3v) is 5.53. The van der Waals surface area contributed by atoms with Crippen LogP contribution < -0.4 is 10.6 Å². The van der Waals surface area contributed by atoms with E-state index in [1.807, 2.05) is 24.3 Å². The molecule has 0 spiro atoms. The third kappa shape index (κ3) is 6.29. The number of rotatable bonds is 4. The number of hydrogen-bond acceptors (Lipinski definition) is 3. The lowest BCUT2D eigenvalue weighted by Gasteiger charge is -2.14. The molecular formula is C14H21ClIN3O2S. The fourth-order valence-electron chi connectivity index (χ4n) is 2.33. The number of nitrogens with zero attached hydrogens (tertiary/aromatic N) is 1. The Hall–Kier alpha value is -0.540. The maximum absolute atomic E-state index is 11.4. The lowest BCUT2D eigenvalue weighted by Crippen LogP contribution is -2.39. The van der Waals surface area contributed by atoms with Gasteiger partial charge >= 0.3 is 0 Å². The fourth-order valence-corrected chi connectivity index (χ4v) is 4.40. The Bertz CT molecular complexity index is 622. The maximum Gasteiger partial charge on any atom is 0.191 e. The molecule has 1 aliphatic rings. The van der Waals surface area contributed by atoms with Gasteiger partial charge in [-0.15, -0.1) is 24.0 Å². The highest BCUT2D eigenvalue weighted by molar-refractivity contribution is 14.0. The van der Waals surface area contributed by atoms with E-state index in [-0.39, 0.29) is 35.6 Å². The van der Waals surface area contributed by atoms with E-state index in [1.165, 1.54) is 0 Å². The normalized spacial score (nSPS) is 20.3. The van der Waals surface area contributed by atoms with Crippen molar-refractivity contribution in [3.63, 3.8) is 0 Å². The van der Waals surface area contributed by atoms with Crippen LogP contribution in [0.3, 0.4) is 0 Å². The first-order valence-electron chi connectivity index (χ1n) is 6.88. The van der Waals surface area contributed by atoms with Crippen LogP contribution in [0.15, 0.2) is 29.3 Å². The zero-order valence-corrected chi connectivity index (χ0v) is 16.3. The minimum atomic E-state index is -2.83. The Labute approximate surface area is 153 Å². The van der Waals surface area contributed by atoms with Crippen molar-refractivity contribution in [3.05, 3.63) is 34.9 Å². The zero-order chi connectivity index (χ0) is 15.3. The number of hydrogen-bond donors (Lipinski definition) is 2.